The fourth-order valence-electron chi connectivity index (χ4n) is 1.19. The lowest BCUT2D eigenvalue weighted by Crippen LogP contribution is -1.86. The average molecular weight is 179 g/mol. The van der Waals surface area contributed by atoms with Crippen LogP contribution in [0.4, 0.5) is 0 Å². The van der Waals surface area contributed by atoms with Crippen LogP contribution in [0.1, 0.15) is 5.56 Å². The monoisotopic (exact) mass is 178 g/mol. The maximum absolute atomic E-state index is 5.75. The number of fused-ring (bicyclic) bond motifs is 1. The van der Waals surface area contributed by atoms with Crippen LogP contribution in [-0.2, 0) is 5.88 Å². The van der Waals surface area contributed by atoms with Gasteiger partial charge in [0.25, 0.3) is 0 Å². The van der Waals surface area contributed by atoms with E-state index in [1.807, 2.05) is 18.2 Å². The Hall–Kier alpha value is -1.15. The first-order valence-corrected chi connectivity index (χ1v) is 4.19. The largest absolute Gasteiger partial charge is 0.244 e. The fraction of sp³-hybridized carbons (Fsp3) is 0.111. The van der Waals surface area contributed by atoms with Crippen LogP contribution in [0.2, 0.25) is 0 Å². The second kappa shape index (κ2) is 3.07. The third kappa shape index (κ3) is 1.14. The van der Waals surface area contributed by atoms with Crippen molar-refractivity contribution in [3.63, 3.8) is 0 Å². The topological polar surface area (TPSA) is 25.8 Å². The molecule has 2 nitrogen and oxygen atoms in total. The van der Waals surface area contributed by atoms with E-state index < -0.39 is 0 Å². The molecule has 2 aromatic rings. The van der Waals surface area contributed by atoms with Crippen LogP contribution in [0.25, 0.3) is 10.9 Å². The van der Waals surface area contributed by atoms with Gasteiger partial charge in [-0.1, -0.05) is 18.2 Å². The number of alkyl halides is 1. The molecule has 0 atom stereocenters. The second-order valence-corrected chi connectivity index (χ2v) is 2.78. The summed E-state index contributed by atoms with van der Waals surface area (Å²) in [4.78, 5) is 8.09. The highest BCUT2D eigenvalue weighted by Crippen LogP contribution is 2.16. The highest BCUT2D eigenvalue weighted by atomic mass is 35.5. The molecule has 0 amide bonds. The van der Waals surface area contributed by atoms with E-state index in [4.69, 9.17) is 11.6 Å². The van der Waals surface area contributed by atoms with E-state index in [9.17, 15) is 0 Å². The van der Waals surface area contributed by atoms with Crippen molar-refractivity contribution in [1.29, 1.82) is 0 Å². The van der Waals surface area contributed by atoms with Crippen molar-refractivity contribution < 1.29 is 0 Å². The molecule has 1 aromatic heterocycles. The third-order valence-electron chi connectivity index (χ3n) is 1.76. The van der Waals surface area contributed by atoms with Crippen LogP contribution in [0.15, 0.2) is 30.7 Å². The second-order valence-electron chi connectivity index (χ2n) is 2.51. The van der Waals surface area contributed by atoms with Crippen LogP contribution in [-0.4, -0.2) is 9.97 Å². The molecule has 3 heteroatoms. The van der Waals surface area contributed by atoms with Crippen LogP contribution in [0.5, 0.6) is 0 Å². The molecule has 1 heterocycles. The first kappa shape index (κ1) is 7.50. The molecule has 60 valence electrons. The van der Waals surface area contributed by atoms with Crippen LogP contribution >= 0.6 is 11.6 Å². The Labute approximate surface area is 75.2 Å². The van der Waals surface area contributed by atoms with E-state index in [1.165, 1.54) is 0 Å². The van der Waals surface area contributed by atoms with Gasteiger partial charge in [0.05, 0.1) is 5.52 Å². The predicted molar refractivity (Wildman–Crippen MR) is 49.1 cm³/mol. The Morgan fingerprint density at radius 1 is 1.33 bits per heavy atom. The highest BCUT2D eigenvalue weighted by molar-refractivity contribution is 6.17. The van der Waals surface area contributed by atoms with Crippen molar-refractivity contribution in [2.45, 2.75) is 5.88 Å². The van der Waals surface area contributed by atoms with Gasteiger partial charge in [-0.15, -0.1) is 11.6 Å². The summed E-state index contributed by atoms with van der Waals surface area (Å²) >= 11 is 5.75. The predicted octanol–water partition coefficient (Wildman–Crippen LogP) is 2.37. The van der Waals surface area contributed by atoms with Crippen molar-refractivity contribution >= 4 is 22.5 Å². The van der Waals surface area contributed by atoms with Gasteiger partial charge in [0.2, 0.25) is 0 Å². The lowest BCUT2D eigenvalue weighted by atomic mass is 10.1. The minimum Gasteiger partial charge on any atom is -0.244 e. The van der Waals surface area contributed by atoms with Gasteiger partial charge in [-0.3, -0.25) is 0 Å². The van der Waals surface area contributed by atoms with Crippen LogP contribution in [0, 0.1) is 0 Å². The molecule has 0 saturated carbocycles. The first-order valence-electron chi connectivity index (χ1n) is 3.65. The Kier molecular flexibility index (Phi) is 1.92. The molecule has 12 heavy (non-hydrogen) atoms. The SMILES string of the molecule is ClCc1cccc2cncnc12. The molecule has 0 saturated heterocycles. The van der Waals surface area contributed by atoms with Gasteiger partial charge in [-0.25, -0.2) is 9.97 Å². The minimum absolute atomic E-state index is 0.494. The quantitative estimate of drug-likeness (QED) is 0.627. The lowest BCUT2D eigenvalue weighted by Gasteiger charge is -1.99. The molecular formula is C9H7ClN2. The molecule has 1 aromatic carbocycles. The van der Waals surface area contributed by atoms with Crippen molar-refractivity contribution in [2.24, 2.45) is 0 Å². The van der Waals surface area contributed by atoms with E-state index in [2.05, 4.69) is 9.97 Å². The summed E-state index contributed by atoms with van der Waals surface area (Å²) in [5.74, 6) is 0.494. The third-order valence-corrected chi connectivity index (χ3v) is 2.05. The van der Waals surface area contributed by atoms with Gasteiger partial charge in [0.1, 0.15) is 6.33 Å². The van der Waals surface area contributed by atoms with Gasteiger partial charge >= 0.3 is 0 Å². The number of hydrogen-bond donors (Lipinski definition) is 0. The van der Waals surface area contributed by atoms with E-state index >= 15 is 0 Å². The lowest BCUT2D eigenvalue weighted by molar-refractivity contribution is 1.21. The normalized spacial score (nSPS) is 10.4. The first-order chi connectivity index (χ1) is 5.92. The van der Waals surface area contributed by atoms with E-state index in [0.717, 1.165) is 16.5 Å². The molecule has 2 rings (SSSR count). The van der Waals surface area contributed by atoms with E-state index in [-0.39, 0.29) is 0 Å². The van der Waals surface area contributed by atoms with Gasteiger partial charge in [0, 0.05) is 17.5 Å². The highest BCUT2D eigenvalue weighted by Gasteiger charge is 1.98. The van der Waals surface area contributed by atoms with Crippen molar-refractivity contribution in [2.75, 3.05) is 0 Å². The molecule has 0 unspecified atom stereocenters. The molecule has 0 aliphatic heterocycles. The summed E-state index contributed by atoms with van der Waals surface area (Å²) in [5, 5.41) is 1.04. The summed E-state index contributed by atoms with van der Waals surface area (Å²) < 4.78 is 0. The summed E-state index contributed by atoms with van der Waals surface area (Å²) in [6.07, 6.45) is 3.33. The van der Waals surface area contributed by atoms with Gasteiger partial charge in [0.15, 0.2) is 0 Å². The van der Waals surface area contributed by atoms with Crippen molar-refractivity contribution in [3.8, 4) is 0 Å². The molecule has 0 aliphatic rings. The Morgan fingerprint density at radius 3 is 3.08 bits per heavy atom. The Morgan fingerprint density at radius 2 is 2.25 bits per heavy atom. The standard InChI is InChI=1S/C9H7ClN2/c10-4-7-2-1-3-8-5-11-6-12-9(7)8/h1-3,5-6H,4H2. The Balaban J connectivity index is 2.79. The number of hydrogen-bond acceptors (Lipinski definition) is 2. The molecule has 0 radical (unpaired) electrons. The number of rotatable bonds is 1. The fourth-order valence-corrected chi connectivity index (χ4v) is 1.40. The van der Waals surface area contributed by atoms with Crippen molar-refractivity contribution in [1.82, 2.24) is 9.97 Å². The molecule has 0 aliphatic carbocycles. The van der Waals surface area contributed by atoms with Gasteiger partial charge in [-0.2, -0.15) is 0 Å². The maximum Gasteiger partial charge on any atom is 0.116 e. The molecular weight excluding hydrogens is 172 g/mol. The zero-order chi connectivity index (χ0) is 8.39. The molecule has 0 N–H and O–H groups in total. The molecule has 0 fully saturated rings. The summed E-state index contributed by atoms with van der Waals surface area (Å²) in [6.45, 7) is 0. The number of benzene rings is 1. The maximum atomic E-state index is 5.75. The number of nitrogens with zero attached hydrogens (tertiary/aromatic N) is 2. The van der Waals surface area contributed by atoms with Crippen LogP contribution < -0.4 is 0 Å². The molecule has 0 bridgehead atoms. The van der Waals surface area contributed by atoms with Crippen molar-refractivity contribution in [3.05, 3.63) is 36.3 Å². The minimum atomic E-state index is 0.494. The van der Waals surface area contributed by atoms with Crippen LogP contribution in [0.3, 0.4) is 0 Å². The number of halogens is 1. The van der Waals surface area contributed by atoms with Gasteiger partial charge in [-0.05, 0) is 5.56 Å². The number of para-hydroxylation sites is 1. The average Bonchev–Trinajstić information content (AvgIpc) is 2.17. The van der Waals surface area contributed by atoms with E-state index in [1.54, 1.807) is 12.5 Å². The summed E-state index contributed by atoms with van der Waals surface area (Å²) in [7, 11) is 0. The van der Waals surface area contributed by atoms with Gasteiger partial charge < -0.3 is 0 Å². The number of aromatic nitrogens is 2. The molecule has 0 spiro atoms. The Bertz CT molecular complexity index is 395. The summed E-state index contributed by atoms with van der Waals surface area (Å²) in [6, 6.07) is 5.91. The smallest absolute Gasteiger partial charge is 0.116 e. The zero-order valence-electron chi connectivity index (χ0n) is 6.37. The summed E-state index contributed by atoms with van der Waals surface area (Å²) in [5.41, 5.74) is 2.00. The van der Waals surface area contributed by atoms with E-state index in [0.29, 0.717) is 5.88 Å². The zero-order valence-corrected chi connectivity index (χ0v) is 7.12.